The van der Waals surface area contributed by atoms with E-state index in [2.05, 4.69) is 219 Å². The van der Waals surface area contributed by atoms with Crippen molar-refractivity contribution >= 4 is 48.7 Å². The van der Waals surface area contributed by atoms with Crippen molar-refractivity contribution in [3.05, 3.63) is 182 Å². The predicted octanol–water partition coefficient (Wildman–Crippen LogP) is 6.44. The van der Waals surface area contributed by atoms with Gasteiger partial charge in [-0.2, -0.15) is 0 Å². The van der Waals surface area contributed by atoms with Crippen molar-refractivity contribution in [1.29, 1.82) is 0 Å². The van der Waals surface area contributed by atoms with Crippen LogP contribution in [0.4, 0.5) is 0 Å². The number of hydrogen-bond acceptors (Lipinski definition) is 1. The first-order chi connectivity index (χ1) is 21.4. The predicted molar refractivity (Wildman–Crippen MR) is 186 cm³/mol. The number of carbonyl (C=O) groups is 1. The van der Waals surface area contributed by atoms with Crippen molar-refractivity contribution in [3.63, 3.8) is 0 Å². The van der Waals surface area contributed by atoms with Crippen LogP contribution >= 0.6 is 10.9 Å². The summed E-state index contributed by atoms with van der Waals surface area (Å²) in [7, 11) is 0. The van der Waals surface area contributed by atoms with E-state index in [-0.39, 0.29) is 0 Å². The Kier molecular flexibility index (Phi) is 13.0. The fraction of sp³-hybridized carbons (Fsp3) is 0.0263. The van der Waals surface area contributed by atoms with E-state index < -0.39 is 16.9 Å². The molecule has 2 nitrogen and oxygen atoms in total. The van der Waals surface area contributed by atoms with Crippen molar-refractivity contribution in [3.8, 4) is 0 Å². The van der Waals surface area contributed by atoms with Gasteiger partial charge in [0, 0.05) is 6.92 Å². The zero-order valence-corrected chi connectivity index (χ0v) is 29.4. The average molecular weight is 799 g/mol. The molecule has 0 aliphatic heterocycles. The standard InChI is InChI=1S/2C18H15P.C2H4O2.2Pd/c2*1-4-10-16(11-5-1)19(17-12-6-2-7-13-17)18-14-8-3-9-15-18;1-2(3)4;;/h2*1-15H;1H3,(H,3,4);;/q;;;2*-1/p+2. The summed E-state index contributed by atoms with van der Waals surface area (Å²) in [5, 5.41) is 15.8. The Labute approximate surface area is 283 Å². The molecule has 6 aromatic rings. The summed E-state index contributed by atoms with van der Waals surface area (Å²) < 4.78 is 0. The molecule has 0 heterocycles. The minimum absolute atomic E-state index is 0.833. The van der Waals surface area contributed by atoms with E-state index in [4.69, 9.17) is 9.90 Å². The van der Waals surface area contributed by atoms with Crippen LogP contribution in [0.3, 0.4) is 0 Å². The molecular formula is C38H36O2P2Pd2. The van der Waals surface area contributed by atoms with Gasteiger partial charge in [0.1, 0.15) is 0 Å². The van der Waals surface area contributed by atoms with Gasteiger partial charge >= 0.3 is 262 Å². The monoisotopic (exact) mass is 798 g/mol. The van der Waals surface area contributed by atoms with Gasteiger partial charge in [-0.1, -0.05) is 0 Å². The van der Waals surface area contributed by atoms with Gasteiger partial charge in [-0.25, -0.2) is 0 Å². The fourth-order valence-electron chi connectivity index (χ4n) is 4.95. The molecule has 1 N–H and O–H groups in total. The van der Waals surface area contributed by atoms with Crippen LogP contribution in [0.1, 0.15) is 6.92 Å². The molecule has 0 spiro atoms. The Morgan fingerprint density at radius 2 is 0.500 bits per heavy atom. The molecule has 0 amide bonds. The van der Waals surface area contributed by atoms with E-state index in [0.717, 1.165) is 6.92 Å². The summed E-state index contributed by atoms with van der Waals surface area (Å²) in [5.41, 5.74) is -4.06. The van der Waals surface area contributed by atoms with E-state index in [9.17, 15) is 0 Å². The first-order valence-corrected chi connectivity index (χ1v) is 22.5. The van der Waals surface area contributed by atoms with E-state index >= 15 is 0 Å². The van der Waals surface area contributed by atoms with Crippen LogP contribution in [0.15, 0.2) is 182 Å². The topological polar surface area (TPSA) is 37.3 Å². The Hall–Kier alpha value is -3.03. The van der Waals surface area contributed by atoms with E-state index in [1.165, 1.54) is 31.8 Å². The summed E-state index contributed by atoms with van der Waals surface area (Å²) in [6, 6.07) is 64.7. The number of aliphatic carboxylic acids is 1. The van der Waals surface area contributed by atoms with Crippen LogP contribution in [0.2, 0.25) is 0 Å². The quantitative estimate of drug-likeness (QED) is 0.156. The van der Waals surface area contributed by atoms with Crippen LogP contribution in [0, 0.1) is 0 Å². The molecule has 0 atom stereocenters. The molecule has 0 aliphatic rings. The minimum atomic E-state index is -2.03. The molecule has 0 aliphatic carbocycles. The Morgan fingerprint density at radius 3 is 0.614 bits per heavy atom. The van der Waals surface area contributed by atoms with E-state index in [1.807, 2.05) is 0 Å². The third-order valence-electron chi connectivity index (χ3n) is 6.92. The van der Waals surface area contributed by atoms with Gasteiger partial charge in [0.15, 0.2) is 0 Å². The van der Waals surface area contributed by atoms with E-state index in [1.54, 1.807) is 0 Å². The summed E-state index contributed by atoms with van der Waals surface area (Å²) in [5.74, 6) is -0.833. The van der Waals surface area contributed by atoms with Gasteiger partial charge in [0.2, 0.25) is 0 Å². The van der Waals surface area contributed by atoms with Gasteiger partial charge in [-0.3, -0.25) is 4.79 Å². The third-order valence-corrected chi connectivity index (χ3v) is 21.6. The molecule has 6 rings (SSSR count). The molecular weight excluding hydrogens is 763 g/mol. The second kappa shape index (κ2) is 16.9. The molecule has 0 aromatic heterocycles. The molecule has 6 heteroatoms. The SMILES string of the molecule is CC(=O)O.[Pd][PH](c1ccccc1)(c1ccccc1)c1ccccc1.[Pd][PH](c1ccccc1)(c1ccccc1)c1ccccc1. The second-order valence-corrected chi connectivity index (χ2v) is 22.8. The van der Waals surface area contributed by atoms with Gasteiger partial charge in [0.05, 0.1) is 0 Å². The van der Waals surface area contributed by atoms with Crippen molar-refractivity contribution in [2.75, 3.05) is 0 Å². The van der Waals surface area contributed by atoms with Crippen LogP contribution in [-0.4, -0.2) is 11.1 Å². The Bertz CT molecular complexity index is 1370. The Balaban J connectivity index is 0.000000179. The van der Waals surface area contributed by atoms with Crippen LogP contribution in [0.5, 0.6) is 0 Å². The Morgan fingerprint density at radius 1 is 0.386 bits per heavy atom. The van der Waals surface area contributed by atoms with Crippen molar-refractivity contribution in [1.82, 2.24) is 0 Å². The van der Waals surface area contributed by atoms with Crippen molar-refractivity contribution < 1.29 is 47.3 Å². The average Bonchev–Trinajstić information content (AvgIpc) is 3.10. The zero-order chi connectivity index (χ0) is 31.3. The summed E-state index contributed by atoms with van der Waals surface area (Å²) in [4.78, 5) is 9.00. The first-order valence-electron chi connectivity index (χ1n) is 14.2. The number of hydrogen-bond donors (Lipinski definition) is 1. The molecule has 0 unspecified atom stereocenters. The molecule has 0 saturated heterocycles. The molecule has 0 fully saturated rings. The number of carboxylic acid groups (broad SMARTS) is 1. The van der Waals surface area contributed by atoms with Crippen LogP contribution in [0.25, 0.3) is 0 Å². The number of carboxylic acids is 1. The van der Waals surface area contributed by atoms with Crippen molar-refractivity contribution in [2.45, 2.75) is 6.92 Å². The fourth-order valence-corrected chi connectivity index (χ4v) is 15.4. The first kappa shape index (κ1) is 33.9. The normalized spacial score (nSPS) is 11.6. The van der Waals surface area contributed by atoms with Gasteiger partial charge < -0.3 is 5.11 Å². The van der Waals surface area contributed by atoms with Crippen LogP contribution < -0.4 is 31.8 Å². The molecule has 230 valence electrons. The summed E-state index contributed by atoms with van der Waals surface area (Å²) in [6.07, 6.45) is 0. The molecule has 6 aromatic carbocycles. The molecule has 0 radical (unpaired) electrons. The summed E-state index contributed by atoms with van der Waals surface area (Å²) in [6.45, 7) is 1.08. The number of benzene rings is 6. The molecule has 0 bridgehead atoms. The van der Waals surface area contributed by atoms with Gasteiger partial charge in [-0.15, -0.1) is 0 Å². The maximum absolute atomic E-state index is 9.00. The third kappa shape index (κ3) is 8.57. The molecule has 0 saturated carbocycles. The van der Waals surface area contributed by atoms with E-state index in [0.29, 0.717) is 0 Å². The second-order valence-electron chi connectivity index (χ2n) is 9.94. The van der Waals surface area contributed by atoms with Crippen LogP contribution in [-0.2, 0) is 42.2 Å². The van der Waals surface area contributed by atoms with Gasteiger partial charge in [-0.05, 0) is 0 Å². The van der Waals surface area contributed by atoms with Crippen molar-refractivity contribution in [2.24, 2.45) is 0 Å². The van der Waals surface area contributed by atoms with Gasteiger partial charge in [0.25, 0.3) is 5.97 Å². The molecule has 44 heavy (non-hydrogen) atoms. The summed E-state index contributed by atoms with van der Waals surface area (Å²) >= 11 is 7.61. The maximum atomic E-state index is 9.00. The zero-order valence-electron chi connectivity index (χ0n) is 24.3. The number of rotatable bonds is 6.